The van der Waals surface area contributed by atoms with E-state index in [0.29, 0.717) is 19.8 Å². The first-order valence-corrected chi connectivity index (χ1v) is 6.23. The van der Waals surface area contributed by atoms with Crippen LogP contribution >= 0.6 is 11.6 Å². The molecular weight excluding hydrogens is 238 g/mol. The Morgan fingerprint density at radius 2 is 2.18 bits per heavy atom. The van der Waals surface area contributed by atoms with Crippen molar-refractivity contribution in [1.29, 1.82) is 0 Å². The Balaban J connectivity index is 1.72. The molecule has 4 heteroatoms. The zero-order valence-electron chi connectivity index (χ0n) is 9.62. The van der Waals surface area contributed by atoms with Crippen LogP contribution in [0.15, 0.2) is 24.3 Å². The molecule has 1 N–H and O–H groups in total. The van der Waals surface area contributed by atoms with Gasteiger partial charge in [-0.2, -0.15) is 0 Å². The summed E-state index contributed by atoms with van der Waals surface area (Å²) in [5, 5.41) is 3.67. The maximum Gasteiger partial charge on any atom is 0.225 e. The van der Waals surface area contributed by atoms with Crippen LogP contribution in [-0.4, -0.2) is 25.7 Å². The molecule has 1 aliphatic heterocycles. The smallest absolute Gasteiger partial charge is 0.225 e. The molecule has 1 amide bonds. The van der Waals surface area contributed by atoms with Crippen molar-refractivity contribution in [2.75, 3.05) is 19.8 Å². The number of benzene rings is 1. The molecule has 1 aromatic carbocycles. The highest BCUT2D eigenvalue weighted by atomic mass is 35.5. The maximum atomic E-state index is 11.7. The molecule has 0 bridgehead atoms. The first-order chi connectivity index (χ1) is 8.25. The summed E-state index contributed by atoms with van der Waals surface area (Å²) >= 11 is 5.80. The van der Waals surface area contributed by atoms with Gasteiger partial charge in [-0.1, -0.05) is 23.7 Å². The highest BCUT2D eigenvalue weighted by Crippen LogP contribution is 2.12. The van der Waals surface area contributed by atoms with Crippen LogP contribution < -0.4 is 5.32 Å². The van der Waals surface area contributed by atoms with E-state index in [4.69, 9.17) is 16.3 Å². The van der Waals surface area contributed by atoms with Gasteiger partial charge in [-0.25, -0.2) is 0 Å². The average Bonchev–Trinajstić information content (AvgIpc) is 2.85. The summed E-state index contributed by atoms with van der Waals surface area (Å²) in [6.45, 7) is 1.93. The number of amides is 1. The van der Waals surface area contributed by atoms with Gasteiger partial charge in [-0.15, -0.1) is 0 Å². The van der Waals surface area contributed by atoms with E-state index in [0.717, 1.165) is 17.9 Å². The van der Waals surface area contributed by atoms with Gasteiger partial charge in [0, 0.05) is 18.2 Å². The highest BCUT2D eigenvalue weighted by molar-refractivity contribution is 6.30. The predicted octanol–water partition coefficient (Wildman–Crippen LogP) is 2.04. The number of hydrogen-bond acceptors (Lipinski definition) is 2. The molecule has 2 rings (SSSR count). The number of hydrogen-bond donors (Lipinski definition) is 1. The van der Waals surface area contributed by atoms with E-state index in [-0.39, 0.29) is 11.8 Å². The molecule has 1 heterocycles. The zero-order chi connectivity index (χ0) is 12.1. The molecule has 17 heavy (non-hydrogen) atoms. The third-order valence-electron chi connectivity index (χ3n) is 2.93. The first-order valence-electron chi connectivity index (χ1n) is 5.85. The summed E-state index contributed by atoms with van der Waals surface area (Å²) in [4.78, 5) is 11.7. The van der Waals surface area contributed by atoms with Gasteiger partial charge in [0.1, 0.15) is 0 Å². The second kappa shape index (κ2) is 6.03. The number of ether oxygens (including phenoxy) is 1. The number of carbonyl (C=O) groups excluding carboxylic acids is 1. The molecule has 3 nitrogen and oxygen atoms in total. The summed E-state index contributed by atoms with van der Waals surface area (Å²) in [7, 11) is 0. The van der Waals surface area contributed by atoms with Crippen LogP contribution in [0, 0.1) is 5.92 Å². The van der Waals surface area contributed by atoms with Gasteiger partial charge in [0.15, 0.2) is 0 Å². The Kier molecular flexibility index (Phi) is 4.40. The van der Waals surface area contributed by atoms with Crippen molar-refractivity contribution in [2.45, 2.75) is 12.8 Å². The van der Waals surface area contributed by atoms with Gasteiger partial charge < -0.3 is 10.1 Å². The zero-order valence-corrected chi connectivity index (χ0v) is 10.4. The molecule has 1 saturated heterocycles. The van der Waals surface area contributed by atoms with Crippen LogP contribution in [0.5, 0.6) is 0 Å². The van der Waals surface area contributed by atoms with Crippen LogP contribution in [0.3, 0.4) is 0 Å². The van der Waals surface area contributed by atoms with Gasteiger partial charge in [0.25, 0.3) is 0 Å². The Morgan fingerprint density at radius 3 is 2.82 bits per heavy atom. The lowest BCUT2D eigenvalue weighted by Crippen LogP contribution is -2.32. The van der Waals surface area contributed by atoms with Crippen LogP contribution in [0.4, 0.5) is 0 Å². The molecule has 1 aromatic rings. The molecular formula is C13H16ClNO2. The van der Waals surface area contributed by atoms with Crippen molar-refractivity contribution in [3.8, 4) is 0 Å². The number of halogens is 1. The van der Waals surface area contributed by atoms with Gasteiger partial charge in [0.2, 0.25) is 5.91 Å². The summed E-state index contributed by atoms with van der Waals surface area (Å²) in [5.41, 5.74) is 1.18. The summed E-state index contributed by atoms with van der Waals surface area (Å²) in [6.07, 6.45) is 1.67. The lowest BCUT2D eigenvalue weighted by Gasteiger charge is -2.09. The summed E-state index contributed by atoms with van der Waals surface area (Å²) < 4.78 is 5.18. The SMILES string of the molecule is O=C(NCCc1ccc(Cl)cc1)C1CCOC1. The van der Waals surface area contributed by atoms with Crippen molar-refractivity contribution in [3.63, 3.8) is 0 Å². The second-order valence-corrected chi connectivity index (χ2v) is 4.66. The second-order valence-electron chi connectivity index (χ2n) is 4.23. The van der Waals surface area contributed by atoms with Crippen LogP contribution in [0.25, 0.3) is 0 Å². The van der Waals surface area contributed by atoms with Gasteiger partial charge >= 0.3 is 0 Å². The monoisotopic (exact) mass is 253 g/mol. The molecule has 1 atom stereocenters. The van der Waals surface area contributed by atoms with E-state index in [2.05, 4.69) is 5.32 Å². The van der Waals surface area contributed by atoms with Crippen molar-refractivity contribution < 1.29 is 9.53 Å². The van der Waals surface area contributed by atoms with E-state index in [1.807, 2.05) is 24.3 Å². The van der Waals surface area contributed by atoms with E-state index in [1.165, 1.54) is 5.56 Å². The van der Waals surface area contributed by atoms with Gasteiger partial charge in [-0.05, 0) is 30.5 Å². The molecule has 0 aliphatic carbocycles. The highest BCUT2D eigenvalue weighted by Gasteiger charge is 2.22. The minimum absolute atomic E-state index is 0.0419. The fourth-order valence-electron chi connectivity index (χ4n) is 1.87. The topological polar surface area (TPSA) is 38.3 Å². The van der Waals surface area contributed by atoms with E-state index < -0.39 is 0 Å². The quantitative estimate of drug-likeness (QED) is 0.892. The van der Waals surface area contributed by atoms with Gasteiger partial charge in [-0.3, -0.25) is 4.79 Å². The maximum absolute atomic E-state index is 11.7. The molecule has 1 fully saturated rings. The fourth-order valence-corrected chi connectivity index (χ4v) is 1.99. The van der Waals surface area contributed by atoms with Crippen molar-refractivity contribution in [3.05, 3.63) is 34.9 Å². The minimum Gasteiger partial charge on any atom is -0.381 e. The largest absolute Gasteiger partial charge is 0.381 e. The Labute approximate surface area is 106 Å². The molecule has 1 aliphatic rings. The van der Waals surface area contributed by atoms with Crippen LogP contribution in [0.2, 0.25) is 5.02 Å². The first kappa shape index (κ1) is 12.4. The van der Waals surface area contributed by atoms with E-state index in [1.54, 1.807) is 0 Å². The van der Waals surface area contributed by atoms with Crippen LogP contribution in [-0.2, 0) is 16.0 Å². The molecule has 1 unspecified atom stereocenters. The number of carbonyl (C=O) groups is 1. The summed E-state index contributed by atoms with van der Waals surface area (Å²) in [5.74, 6) is 0.150. The predicted molar refractivity (Wildman–Crippen MR) is 67.1 cm³/mol. The lowest BCUT2D eigenvalue weighted by molar-refractivity contribution is -0.124. The minimum atomic E-state index is 0.0419. The third kappa shape index (κ3) is 3.72. The molecule has 0 saturated carbocycles. The molecule has 92 valence electrons. The average molecular weight is 254 g/mol. The molecule has 0 spiro atoms. The van der Waals surface area contributed by atoms with Crippen molar-refractivity contribution in [2.24, 2.45) is 5.92 Å². The van der Waals surface area contributed by atoms with Crippen molar-refractivity contribution >= 4 is 17.5 Å². The van der Waals surface area contributed by atoms with Crippen LogP contribution in [0.1, 0.15) is 12.0 Å². The number of nitrogens with one attached hydrogen (secondary N) is 1. The van der Waals surface area contributed by atoms with Gasteiger partial charge in [0.05, 0.1) is 12.5 Å². The number of rotatable bonds is 4. The van der Waals surface area contributed by atoms with Crippen molar-refractivity contribution in [1.82, 2.24) is 5.32 Å². The molecule has 0 radical (unpaired) electrons. The van der Waals surface area contributed by atoms with E-state index >= 15 is 0 Å². The van der Waals surface area contributed by atoms with E-state index in [9.17, 15) is 4.79 Å². The standard InChI is InChI=1S/C13H16ClNO2/c14-12-3-1-10(2-4-12)5-7-15-13(16)11-6-8-17-9-11/h1-4,11H,5-9H2,(H,15,16). The lowest BCUT2D eigenvalue weighted by atomic mass is 10.1. The summed E-state index contributed by atoms with van der Waals surface area (Å²) in [6, 6.07) is 7.69. The fraction of sp³-hybridized carbons (Fsp3) is 0.462. The normalized spacial score (nSPS) is 19.2. The third-order valence-corrected chi connectivity index (χ3v) is 3.18. The Morgan fingerprint density at radius 1 is 1.41 bits per heavy atom. The molecule has 0 aromatic heterocycles. The Bertz CT molecular complexity index is 372. The Hall–Kier alpha value is -1.06.